The molecule has 4 heteroatoms. The number of imidazole rings is 1. The third-order valence-electron chi connectivity index (χ3n) is 5.69. The second-order valence-electron chi connectivity index (χ2n) is 7.66. The molecule has 0 amide bonds. The first-order chi connectivity index (χ1) is 13.0. The number of benzene rings is 2. The number of hydrogen-bond donors (Lipinski definition) is 0. The van der Waals surface area contributed by atoms with Crippen molar-refractivity contribution in [1.82, 2.24) is 14.5 Å². The first-order valence-corrected chi connectivity index (χ1v) is 9.99. The molecule has 1 aliphatic heterocycles. The zero-order valence-corrected chi connectivity index (χ0v) is 17.0. The zero-order chi connectivity index (χ0) is 19.0. The summed E-state index contributed by atoms with van der Waals surface area (Å²) in [5.74, 6) is 1.02. The van der Waals surface area contributed by atoms with Crippen molar-refractivity contribution in [3.8, 4) is 0 Å². The molecule has 140 valence electrons. The molecular weight excluding hydrogens is 354 g/mol. The highest BCUT2D eigenvalue weighted by Crippen LogP contribution is 2.24. The van der Waals surface area contributed by atoms with E-state index in [1.165, 1.54) is 41.6 Å². The number of halogens is 1. The molecule has 1 saturated heterocycles. The quantitative estimate of drug-likeness (QED) is 0.600. The van der Waals surface area contributed by atoms with Crippen LogP contribution >= 0.6 is 11.6 Å². The number of fused-ring (bicyclic) bond motifs is 1. The van der Waals surface area contributed by atoms with Crippen LogP contribution in [0.3, 0.4) is 0 Å². The van der Waals surface area contributed by atoms with E-state index in [9.17, 15) is 0 Å². The Hall–Kier alpha value is -2.10. The third kappa shape index (κ3) is 3.80. The van der Waals surface area contributed by atoms with E-state index in [1.54, 1.807) is 0 Å². The van der Waals surface area contributed by atoms with E-state index < -0.39 is 0 Å². The van der Waals surface area contributed by atoms with Gasteiger partial charge >= 0.3 is 0 Å². The average molecular weight is 380 g/mol. The summed E-state index contributed by atoms with van der Waals surface area (Å²) in [5.41, 5.74) is 6.05. The largest absolute Gasteiger partial charge is 0.320 e. The molecule has 0 bridgehead atoms. The molecule has 1 aromatic heterocycles. The molecule has 27 heavy (non-hydrogen) atoms. The van der Waals surface area contributed by atoms with Gasteiger partial charge in [-0.25, -0.2) is 4.98 Å². The topological polar surface area (TPSA) is 21.1 Å². The van der Waals surface area contributed by atoms with Gasteiger partial charge in [-0.15, -0.1) is 0 Å². The molecule has 4 rings (SSSR count). The van der Waals surface area contributed by atoms with Crippen LogP contribution in [0.5, 0.6) is 0 Å². The van der Waals surface area contributed by atoms with Crippen molar-refractivity contribution in [3.05, 3.63) is 70.0 Å². The van der Waals surface area contributed by atoms with E-state index in [4.69, 9.17) is 16.6 Å². The van der Waals surface area contributed by atoms with E-state index in [-0.39, 0.29) is 0 Å². The van der Waals surface area contributed by atoms with Crippen LogP contribution in [-0.2, 0) is 6.54 Å². The van der Waals surface area contributed by atoms with Crippen molar-refractivity contribution in [3.63, 3.8) is 0 Å². The van der Waals surface area contributed by atoms with Gasteiger partial charge in [0, 0.05) is 17.6 Å². The van der Waals surface area contributed by atoms with Crippen molar-refractivity contribution >= 4 is 28.7 Å². The van der Waals surface area contributed by atoms with Gasteiger partial charge in [-0.1, -0.05) is 29.8 Å². The van der Waals surface area contributed by atoms with Gasteiger partial charge in [-0.2, -0.15) is 0 Å². The Bertz CT molecular complexity index is 985. The standard InChI is InChI=1S/C23H26ClN3/c1-16-13-21-22(14-17(16)2)27(15-18-6-8-19(24)9-7-18)23(25-21)11-10-20-5-4-12-26(20)3/h6-11,13-14,20H,4-5,12,15H2,1-3H3. The highest BCUT2D eigenvalue weighted by molar-refractivity contribution is 6.30. The molecule has 0 saturated carbocycles. The lowest BCUT2D eigenvalue weighted by Gasteiger charge is -2.15. The van der Waals surface area contributed by atoms with Gasteiger partial charge < -0.3 is 4.57 Å². The minimum atomic E-state index is 0.511. The maximum Gasteiger partial charge on any atom is 0.133 e. The molecule has 0 aliphatic carbocycles. The number of likely N-dealkylation sites (tertiary alicyclic amines) is 1. The van der Waals surface area contributed by atoms with Gasteiger partial charge in [0.1, 0.15) is 5.82 Å². The van der Waals surface area contributed by atoms with Crippen molar-refractivity contribution in [2.24, 2.45) is 0 Å². The maximum atomic E-state index is 6.06. The van der Waals surface area contributed by atoms with Crippen LogP contribution in [0.2, 0.25) is 5.02 Å². The van der Waals surface area contributed by atoms with Gasteiger partial charge in [-0.05, 0) is 87.3 Å². The molecule has 1 atom stereocenters. The Morgan fingerprint density at radius 2 is 1.89 bits per heavy atom. The molecule has 0 spiro atoms. The number of hydrogen-bond acceptors (Lipinski definition) is 2. The molecule has 0 N–H and O–H groups in total. The summed E-state index contributed by atoms with van der Waals surface area (Å²) in [7, 11) is 2.20. The highest BCUT2D eigenvalue weighted by Gasteiger charge is 2.18. The van der Waals surface area contributed by atoms with E-state index in [2.05, 4.69) is 66.8 Å². The van der Waals surface area contributed by atoms with Gasteiger partial charge in [-0.3, -0.25) is 4.90 Å². The molecule has 1 fully saturated rings. The van der Waals surface area contributed by atoms with Crippen LogP contribution in [-0.4, -0.2) is 34.1 Å². The maximum absolute atomic E-state index is 6.06. The average Bonchev–Trinajstić information content (AvgIpc) is 3.19. The zero-order valence-electron chi connectivity index (χ0n) is 16.2. The normalized spacial score (nSPS) is 18.1. The van der Waals surface area contributed by atoms with Crippen LogP contribution in [0.4, 0.5) is 0 Å². The second-order valence-corrected chi connectivity index (χ2v) is 8.09. The molecular formula is C23H26ClN3. The number of aromatic nitrogens is 2. The van der Waals surface area contributed by atoms with Crippen LogP contribution in [0, 0.1) is 13.8 Å². The van der Waals surface area contributed by atoms with Crippen LogP contribution in [0.1, 0.15) is 35.4 Å². The molecule has 3 aromatic rings. The predicted octanol–water partition coefficient (Wildman–Crippen LogP) is 5.46. The molecule has 1 unspecified atom stereocenters. The monoisotopic (exact) mass is 379 g/mol. The number of aryl methyl sites for hydroxylation is 2. The fourth-order valence-corrected chi connectivity index (χ4v) is 3.97. The minimum Gasteiger partial charge on any atom is -0.320 e. The summed E-state index contributed by atoms with van der Waals surface area (Å²) >= 11 is 6.06. The fourth-order valence-electron chi connectivity index (χ4n) is 3.84. The highest BCUT2D eigenvalue weighted by atomic mass is 35.5. The van der Waals surface area contributed by atoms with Crippen molar-refractivity contribution in [2.75, 3.05) is 13.6 Å². The van der Waals surface area contributed by atoms with Crippen molar-refractivity contribution in [1.29, 1.82) is 0 Å². The van der Waals surface area contributed by atoms with E-state index in [1.807, 2.05) is 12.1 Å². The molecule has 1 aliphatic rings. The summed E-state index contributed by atoms with van der Waals surface area (Å²) in [6.45, 7) is 6.28. The van der Waals surface area contributed by atoms with Gasteiger partial charge in [0.25, 0.3) is 0 Å². The molecule has 3 nitrogen and oxygen atoms in total. The first kappa shape index (κ1) is 18.3. The SMILES string of the molecule is Cc1cc2nc(C=CC3CCCN3C)n(Cc3ccc(Cl)cc3)c2cc1C. The summed E-state index contributed by atoms with van der Waals surface area (Å²) in [5, 5.41) is 0.769. The van der Waals surface area contributed by atoms with Gasteiger partial charge in [0.15, 0.2) is 0 Å². The minimum absolute atomic E-state index is 0.511. The van der Waals surface area contributed by atoms with Gasteiger partial charge in [0.05, 0.1) is 11.0 Å². The summed E-state index contributed by atoms with van der Waals surface area (Å²) in [6, 6.07) is 13.1. The van der Waals surface area contributed by atoms with E-state index in [0.29, 0.717) is 6.04 Å². The Balaban J connectivity index is 1.76. The molecule has 2 aromatic carbocycles. The Morgan fingerprint density at radius 3 is 2.59 bits per heavy atom. The summed E-state index contributed by atoms with van der Waals surface area (Å²) in [4.78, 5) is 7.36. The first-order valence-electron chi connectivity index (χ1n) is 9.61. The second kappa shape index (κ2) is 7.49. The van der Waals surface area contributed by atoms with Crippen molar-refractivity contribution in [2.45, 2.75) is 39.3 Å². The third-order valence-corrected chi connectivity index (χ3v) is 5.94. The Kier molecular flexibility index (Phi) is 5.07. The smallest absolute Gasteiger partial charge is 0.133 e. The van der Waals surface area contributed by atoms with Crippen molar-refractivity contribution < 1.29 is 0 Å². The van der Waals surface area contributed by atoms with Crippen LogP contribution in [0.25, 0.3) is 17.1 Å². The van der Waals surface area contributed by atoms with E-state index >= 15 is 0 Å². The Morgan fingerprint density at radius 1 is 1.15 bits per heavy atom. The predicted molar refractivity (Wildman–Crippen MR) is 114 cm³/mol. The Labute approximate surface area is 166 Å². The van der Waals surface area contributed by atoms with Gasteiger partial charge in [0.2, 0.25) is 0 Å². The fraction of sp³-hybridized carbons (Fsp3) is 0.348. The number of nitrogens with zero attached hydrogens (tertiary/aromatic N) is 3. The van der Waals surface area contributed by atoms with E-state index in [0.717, 1.165) is 22.9 Å². The number of rotatable bonds is 4. The lowest BCUT2D eigenvalue weighted by atomic mass is 10.1. The molecule has 2 heterocycles. The van der Waals surface area contributed by atoms with Crippen LogP contribution in [0.15, 0.2) is 42.5 Å². The lowest BCUT2D eigenvalue weighted by molar-refractivity contribution is 0.358. The lowest BCUT2D eigenvalue weighted by Crippen LogP contribution is -2.22. The number of likely N-dealkylation sites (N-methyl/N-ethyl adjacent to an activating group) is 1. The summed E-state index contributed by atoms with van der Waals surface area (Å²) < 4.78 is 2.32. The molecule has 0 radical (unpaired) electrons. The summed E-state index contributed by atoms with van der Waals surface area (Å²) in [6.07, 6.45) is 7.01. The van der Waals surface area contributed by atoms with Crippen LogP contribution < -0.4 is 0 Å².